The van der Waals surface area contributed by atoms with Crippen molar-refractivity contribution in [3.8, 4) is 11.5 Å². The van der Waals surface area contributed by atoms with E-state index in [0.717, 1.165) is 22.5 Å². The Bertz CT molecular complexity index is 703. The van der Waals surface area contributed by atoms with Crippen LogP contribution >= 0.6 is 0 Å². The molecule has 0 amide bonds. The van der Waals surface area contributed by atoms with E-state index in [1.54, 1.807) is 12.5 Å². The van der Waals surface area contributed by atoms with Crippen molar-refractivity contribution in [2.45, 2.75) is 46.0 Å². The lowest BCUT2D eigenvalue weighted by atomic mass is 9.81. The molecule has 0 saturated heterocycles. The minimum Gasteiger partial charge on any atom is -0.445 e. The minimum absolute atomic E-state index is 0.586. The monoisotopic (exact) mass is 308 g/mol. The van der Waals surface area contributed by atoms with Crippen molar-refractivity contribution in [2.75, 3.05) is 0 Å². The molecular formula is C20H24N2O. The van der Waals surface area contributed by atoms with Crippen molar-refractivity contribution in [1.82, 2.24) is 4.98 Å². The molecule has 0 atom stereocenters. The number of allylic oxidation sites excluding steroid dienone is 1. The fraction of sp³-hybridized carbons (Fsp3) is 0.400. The first-order valence-electron chi connectivity index (χ1n) is 8.40. The summed E-state index contributed by atoms with van der Waals surface area (Å²) in [6, 6.07) is 6.24. The normalized spacial score (nSPS) is 15.4. The maximum Gasteiger partial charge on any atom is 0.225 e. The van der Waals surface area contributed by atoms with E-state index >= 15 is 0 Å². The first kappa shape index (κ1) is 15.7. The molecule has 1 aromatic heterocycles. The first-order chi connectivity index (χ1) is 11.1. The van der Waals surface area contributed by atoms with E-state index < -0.39 is 0 Å². The summed E-state index contributed by atoms with van der Waals surface area (Å²) >= 11 is 0. The van der Waals surface area contributed by atoms with Gasteiger partial charge in [0, 0.05) is 16.8 Å². The molecule has 0 spiro atoms. The lowest BCUT2D eigenvalue weighted by Crippen LogP contribution is -2.08. The van der Waals surface area contributed by atoms with Crippen LogP contribution in [0.3, 0.4) is 0 Å². The molecule has 0 radical (unpaired) electrons. The smallest absolute Gasteiger partial charge is 0.225 e. The number of benzene rings is 1. The number of hydrogen-bond donors (Lipinski definition) is 0. The second-order valence-corrected chi connectivity index (χ2v) is 6.49. The Labute approximate surface area is 138 Å². The van der Waals surface area contributed by atoms with Crippen LogP contribution in [0.25, 0.3) is 17.0 Å². The highest BCUT2D eigenvalue weighted by molar-refractivity contribution is 5.86. The molecule has 0 unspecified atom stereocenters. The molecule has 0 N–H and O–H groups in total. The first-order valence-corrected chi connectivity index (χ1v) is 8.40. The number of aliphatic imine (C=N–C) groups is 1. The molecule has 0 bridgehead atoms. The summed E-state index contributed by atoms with van der Waals surface area (Å²) in [6.45, 7) is 8.44. The zero-order chi connectivity index (χ0) is 16.2. The van der Waals surface area contributed by atoms with Crippen molar-refractivity contribution in [3.63, 3.8) is 0 Å². The number of oxazole rings is 1. The zero-order valence-corrected chi connectivity index (χ0v) is 14.0. The third-order valence-electron chi connectivity index (χ3n) is 4.46. The number of aromatic nitrogens is 1. The van der Waals surface area contributed by atoms with E-state index in [9.17, 15) is 0 Å². The van der Waals surface area contributed by atoms with Gasteiger partial charge in [0.05, 0.1) is 11.9 Å². The zero-order valence-electron chi connectivity index (χ0n) is 14.0. The number of rotatable bonds is 4. The van der Waals surface area contributed by atoms with Gasteiger partial charge in [-0.3, -0.25) is 4.99 Å². The van der Waals surface area contributed by atoms with Crippen LogP contribution in [0.1, 0.15) is 51.5 Å². The van der Waals surface area contributed by atoms with E-state index in [1.165, 1.54) is 37.7 Å². The number of nitrogens with zero attached hydrogens (tertiary/aromatic N) is 2. The highest BCUT2D eigenvalue weighted by Crippen LogP contribution is 2.39. The average Bonchev–Trinajstić information content (AvgIpc) is 3.09. The second kappa shape index (κ2) is 6.95. The van der Waals surface area contributed by atoms with E-state index in [0.29, 0.717) is 11.8 Å². The molecule has 1 fully saturated rings. The number of hydrogen-bond acceptors (Lipinski definition) is 3. The van der Waals surface area contributed by atoms with Gasteiger partial charge in [-0.1, -0.05) is 31.9 Å². The maximum absolute atomic E-state index is 5.41. The van der Waals surface area contributed by atoms with Crippen LogP contribution in [0.15, 0.2) is 46.6 Å². The Kier molecular flexibility index (Phi) is 4.75. The van der Waals surface area contributed by atoms with Crippen molar-refractivity contribution in [1.29, 1.82) is 0 Å². The van der Waals surface area contributed by atoms with Crippen LogP contribution < -0.4 is 0 Å². The molecule has 120 valence electrons. The summed E-state index contributed by atoms with van der Waals surface area (Å²) in [4.78, 5) is 8.97. The van der Waals surface area contributed by atoms with Gasteiger partial charge in [-0.15, -0.1) is 0 Å². The SMILES string of the molecule is C=C(c1ccc(-c2ncco2)cc1N=C(C)C)C1CCCCC1. The summed E-state index contributed by atoms with van der Waals surface area (Å²) in [5.74, 6) is 1.22. The van der Waals surface area contributed by atoms with Crippen LogP contribution in [0.4, 0.5) is 5.69 Å². The molecule has 2 aromatic rings. The van der Waals surface area contributed by atoms with E-state index in [2.05, 4.69) is 29.8 Å². The van der Waals surface area contributed by atoms with Crippen molar-refractivity contribution < 1.29 is 4.42 Å². The molecule has 1 aromatic carbocycles. The van der Waals surface area contributed by atoms with Gasteiger partial charge in [0.25, 0.3) is 0 Å². The van der Waals surface area contributed by atoms with Crippen LogP contribution in [0, 0.1) is 5.92 Å². The van der Waals surface area contributed by atoms with E-state index in [1.807, 2.05) is 13.8 Å². The van der Waals surface area contributed by atoms with Crippen LogP contribution in [-0.2, 0) is 0 Å². The fourth-order valence-electron chi connectivity index (χ4n) is 3.31. The Morgan fingerprint density at radius 3 is 2.65 bits per heavy atom. The van der Waals surface area contributed by atoms with E-state index in [-0.39, 0.29) is 0 Å². The van der Waals surface area contributed by atoms with Crippen molar-refractivity contribution in [2.24, 2.45) is 10.9 Å². The topological polar surface area (TPSA) is 38.4 Å². The van der Waals surface area contributed by atoms with Gasteiger partial charge < -0.3 is 4.42 Å². The average molecular weight is 308 g/mol. The molecular weight excluding hydrogens is 284 g/mol. The molecule has 3 nitrogen and oxygen atoms in total. The van der Waals surface area contributed by atoms with Gasteiger partial charge in [-0.2, -0.15) is 0 Å². The van der Waals surface area contributed by atoms with Gasteiger partial charge in [-0.05, 0) is 50.3 Å². The highest BCUT2D eigenvalue weighted by Gasteiger charge is 2.20. The molecule has 0 aliphatic heterocycles. The molecule has 1 aliphatic rings. The lowest BCUT2D eigenvalue weighted by molar-refractivity contribution is 0.430. The fourth-order valence-corrected chi connectivity index (χ4v) is 3.31. The Balaban J connectivity index is 1.98. The van der Waals surface area contributed by atoms with Crippen LogP contribution in [0.2, 0.25) is 0 Å². The Morgan fingerprint density at radius 2 is 2.00 bits per heavy atom. The van der Waals surface area contributed by atoms with Crippen LogP contribution in [-0.4, -0.2) is 10.7 Å². The summed E-state index contributed by atoms with van der Waals surface area (Å²) in [6.07, 6.45) is 9.72. The van der Waals surface area contributed by atoms with Crippen LogP contribution in [0.5, 0.6) is 0 Å². The van der Waals surface area contributed by atoms with Gasteiger partial charge in [-0.25, -0.2) is 4.98 Å². The predicted molar refractivity (Wildman–Crippen MR) is 96.0 cm³/mol. The minimum atomic E-state index is 0.586. The summed E-state index contributed by atoms with van der Waals surface area (Å²) < 4.78 is 5.41. The quantitative estimate of drug-likeness (QED) is 0.645. The molecule has 1 saturated carbocycles. The summed E-state index contributed by atoms with van der Waals surface area (Å²) in [5, 5.41) is 0. The Morgan fingerprint density at radius 1 is 1.22 bits per heavy atom. The lowest BCUT2D eigenvalue weighted by Gasteiger charge is -2.25. The molecule has 3 rings (SSSR count). The maximum atomic E-state index is 5.41. The van der Waals surface area contributed by atoms with Crippen molar-refractivity contribution >= 4 is 17.0 Å². The largest absolute Gasteiger partial charge is 0.445 e. The summed E-state index contributed by atoms with van der Waals surface area (Å²) in [7, 11) is 0. The second-order valence-electron chi connectivity index (χ2n) is 6.49. The van der Waals surface area contributed by atoms with Crippen molar-refractivity contribution in [3.05, 3.63) is 42.8 Å². The van der Waals surface area contributed by atoms with Gasteiger partial charge >= 0.3 is 0 Å². The standard InChI is InChI=1S/C20H24N2O/c1-14(2)22-19-13-17(20-21-11-12-23-20)9-10-18(19)15(3)16-7-5-4-6-8-16/h9-13,16H,3-8H2,1-2H3. The van der Waals surface area contributed by atoms with E-state index in [4.69, 9.17) is 9.41 Å². The highest BCUT2D eigenvalue weighted by atomic mass is 16.3. The summed E-state index contributed by atoms with van der Waals surface area (Å²) in [5.41, 5.74) is 5.34. The molecule has 3 heteroatoms. The van der Waals surface area contributed by atoms with Gasteiger partial charge in [0.15, 0.2) is 0 Å². The third-order valence-corrected chi connectivity index (χ3v) is 4.46. The molecule has 23 heavy (non-hydrogen) atoms. The molecule has 1 heterocycles. The predicted octanol–water partition coefficient (Wildman–Crippen LogP) is 6.05. The third kappa shape index (κ3) is 3.61. The van der Waals surface area contributed by atoms with Gasteiger partial charge in [0.1, 0.15) is 6.26 Å². The van der Waals surface area contributed by atoms with Gasteiger partial charge in [0.2, 0.25) is 5.89 Å². The molecule has 1 aliphatic carbocycles. The Hall–Kier alpha value is -2.16.